The van der Waals surface area contributed by atoms with Crippen molar-refractivity contribution in [2.75, 3.05) is 19.0 Å². The number of allylic oxidation sites excluding steroid dienone is 2. The maximum atomic E-state index is 5.96. The molecule has 0 spiro atoms. The van der Waals surface area contributed by atoms with Gasteiger partial charge in [0.05, 0.1) is 5.38 Å². The first-order valence-corrected chi connectivity index (χ1v) is 5.07. The van der Waals surface area contributed by atoms with E-state index < -0.39 is 0 Å². The van der Waals surface area contributed by atoms with Gasteiger partial charge in [-0.3, -0.25) is 0 Å². The number of hydrogen-bond donors (Lipinski definition) is 0. The van der Waals surface area contributed by atoms with Crippen LogP contribution in [-0.2, 0) is 0 Å². The molecule has 68 valence electrons. The smallest absolute Gasteiger partial charge is 0.0718 e. The summed E-state index contributed by atoms with van der Waals surface area (Å²) >= 11 is 11.6. The van der Waals surface area contributed by atoms with Gasteiger partial charge in [0.2, 0.25) is 0 Å². The number of halogens is 2. The molecule has 1 heterocycles. The maximum absolute atomic E-state index is 5.96. The quantitative estimate of drug-likeness (QED) is 0.641. The molecule has 1 rings (SSSR count). The fraction of sp³-hybridized carbons (Fsp3) is 0.556. The van der Waals surface area contributed by atoms with Gasteiger partial charge in [0, 0.05) is 19.0 Å². The first kappa shape index (κ1) is 9.94. The highest BCUT2D eigenvalue weighted by Gasteiger charge is 2.10. The fourth-order valence-electron chi connectivity index (χ4n) is 1.10. The van der Waals surface area contributed by atoms with Crippen LogP contribution in [-0.4, -0.2) is 29.2 Å². The first-order chi connectivity index (χ1) is 5.77. The molecule has 1 atom stereocenters. The average molecular weight is 206 g/mol. The van der Waals surface area contributed by atoms with Gasteiger partial charge in [-0.2, -0.15) is 0 Å². The van der Waals surface area contributed by atoms with Crippen LogP contribution in [0, 0.1) is 0 Å². The van der Waals surface area contributed by atoms with Crippen LogP contribution in [0.2, 0.25) is 0 Å². The molecule has 0 aromatic carbocycles. The highest BCUT2D eigenvalue weighted by Crippen LogP contribution is 2.16. The van der Waals surface area contributed by atoms with Crippen molar-refractivity contribution in [2.24, 2.45) is 0 Å². The average Bonchev–Trinajstić information content (AvgIpc) is 2.17. The minimum atomic E-state index is -0.0399. The Hall–Kier alpha value is -0.140. The third-order valence-corrected chi connectivity index (χ3v) is 2.82. The predicted molar refractivity (Wildman–Crippen MR) is 54.8 cm³/mol. The number of alkyl halides is 2. The summed E-state index contributed by atoms with van der Waals surface area (Å²) in [7, 11) is 0. The van der Waals surface area contributed by atoms with Gasteiger partial charge in [-0.05, 0) is 24.8 Å². The van der Waals surface area contributed by atoms with Gasteiger partial charge in [-0.15, -0.1) is 23.2 Å². The molecule has 0 aromatic rings. The van der Waals surface area contributed by atoms with E-state index in [4.69, 9.17) is 23.2 Å². The van der Waals surface area contributed by atoms with Crippen LogP contribution < -0.4 is 0 Å². The Bertz CT molecular complexity index is 199. The van der Waals surface area contributed by atoms with E-state index in [2.05, 4.69) is 24.1 Å². The van der Waals surface area contributed by atoms with Crippen molar-refractivity contribution in [3.05, 3.63) is 23.9 Å². The standard InChI is InChI=1S/C9H13Cl2N/c1-2-12-5-3-8(4-6-12)9(11)7-10/h3-5,9H,2,6-7H2,1H3. The van der Waals surface area contributed by atoms with E-state index in [0.29, 0.717) is 5.88 Å². The van der Waals surface area contributed by atoms with Crippen LogP contribution in [0.15, 0.2) is 23.9 Å². The van der Waals surface area contributed by atoms with E-state index in [1.54, 1.807) is 0 Å². The minimum absolute atomic E-state index is 0.0399. The normalized spacial score (nSPS) is 19.2. The monoisotopic (exact) mass is 205 g/mol. The summed E-state index contributed by atoms with van der Waals surface area (Å²) in [5.41, 5.74) is 1.14. The van der Waals surface area contributed by atoms with E-state index in [-0.39, 0.29) is 5.38 Å². The summed E-state index contributed by atoms with van der Waals surface area (Å²) in [6.07, 6.45) is 6.23. The van der Waals surface area contributed by atoms with Gasteiger partial charge in [0.25, 0.3) is 0 Å². The van der Waals surface area contributed by atoms with Crippen molar-refractivity contribution in [1.82, 2.24) is 4.90 Å². The number of hydrogen-bond acceptors (Lipinski definition) is 1. The fourth-order valence-corrected chi connectivity index (χ4v) is 1.44. The molecule has 3 heteroatoms. The van der Waals surface area contributed by atoms with Crippen molar-refractivity contribution in [2.45, 2.75) is 12.3 Å². The van der Waals surface area contributed by atoms with Gasteiger partial charge in [-0.1, -0.05) is 6.08 Å². The Kier molecular flexibility index (Phi) is 3.96. The zero-order valence-electron chi connectivity index (χ0n) is 7.13. The molecule has 1 aliphatic rings. The van der Waals surface area contributed by atoms with Gasteiger partial charge in [0.1, 0.15) is 0 Å². The molecule has 1 nitrogen and oxygen atoms in total. The number of rotatable bonds is 3. The molecule has 1 aliphatic heterocycles. The van der Waals surface area contributed by atoms with E-state index in [9.17, 15) is 0 Å². The lowest BCUT2D eigenvalue weighted by atomic mass is 10.1. The molecule has 0 saturated heterocycles. The summed E-state index contributed by atoms with van der Waals surface area (Å²) in [6.45, 7) is 4.11. The Labute approximate surface area is 83.6 Å². The zero-order valence-corrected chi connectivity index (χ0v) is 8.65. The summed E-state index contributed by atoms with van der Waals surface area (Å²) in [5.74, 6) is 0.476. The topological polar surface area (TPSA) is 3.24 Å². The largest absolute Gasteiger partial charge is 0.374 e. The Balaban J connectivity index is 2.51. The molecule has 0 amide bonds. The van der Waals surface area contributed by atoms with Crippen molar-refractivity contribution in [1.29, 1.82) is 0 Å². The molecular weight excluding hydrogens is 193 g/mol. The highest BCUT2D eigenvalue weighted by atomic mass is 35.5. The van der Waals surface area contributed by atoms with Crippen LogP contribution >= 0.6 is 23.2 Å². The second kappa shape index (κ2) is 4.78. The summed E-state index contributed by atoms with van der Waals surface area (Å²) in [5, 5.41) is -0.0399. The molecule has 0 N–H and O–H groups in total. The molecule has 0 saturated carbocycles. The highest BCUT2D eigenvalue weighted by molar-refractivity contribution is 6.29. The molecule has 0 aliphatic carbocycles. The molecule has 12 heavy (non-hydrogen) atoms. The summed E-state index contributed by atoms with van der Waals surface area (Å²) in [4.78, 5) is 2.21. The molecule has 1 unspecified atom stereocenters. The Morgan fingerprint density at radius 2 is 2.42 bits per heavy atom. The van der Waals surface area contributed by atoms with Crippen LogP contribution in [0.4, 0.5) is 0 Å². The number of nitrogens with zero attached hydrogens (tertiary/aromatic N) is 1. The second-order valence-electron chi connectivity index (χ2n) is 2.73. The van der Waals surface area contributed by atoms with E-state index in [1.807, 2.05) is 6.08 Å². The van der Waals surface area contributed by atoms with E-state index in [1.165, 1.54) is 0 Å². The molecule has 0 fully saturated rings. The van der Waals surface area contributed by atoms with Gasteiger partial charge >= 0.3 is 0 Å². The summed E-state index contributed by atoms with van der Waals surface area (Å²) < 4.78 is 0. The lowest BCUT2D eigenvalue weighted by Gasteiger charge is -2.21. The third kappa shape index (κ3) is 2.43. The van der Waals surface area contributed by atoms with Crippen molar-refractivity contribution in [3.8, 4) is 0 Å². The SMILES string of the molecule is CCN1C=CC(C(Cl)CCl)=CC1. The van der Waals surface area contributed by atoms with Crippen molar-refractivity contribution in [3.63, 3.8) is 0 Å². The maximum Gasteiger partial charge on any atom is 0.0718 e. The molecule has 0 aromatic heterocycles. The minimum Gasteiger partial charge on any atom is -0.374 e. The lowest BCUT2D eigenvalue weighted by Crippen LogP contribution is -2.21. The lowest BCUT2D eigenvalue weighted by molar-refractivity contribution is 0.433. The first-order valence-electron chi connectivity index (χ1n) is 4.10. The van der Waals surface area contributed by atoms with Gasteiger partial charge in [0.15, 0.2) is 0 Å². The van der Waals surface area contributed by atoms with Crippen molar-refractivity contribution >= 4 is 23.2 Å². The van der Waals surface area contributed by atoms with Crippen LogP contribution in [0.5, 0.6) is 0 Å². The van der Waals surface area contributed by atoms with Crippen LogP contribution in [0.3, 0.4) is 0 Å². The zero-order chi connectivity index (χ0) is 8.97. The Morgan fingerprint density at radius 3 is 2.83 bits per heavy atom. The molecule has 0 bridgehead atoms. The summed E-state index contributed by atoms with van der Waals surface area (Å²) in [6, 6.07) is 0. The second-order valence-corrected chi connectivity index (χ2v) is 3.56. The Morgan fingerprint density at radius 1 is 1.67 bits per heavy atom. The van der Waals surface area contributed by atoms with Crippen LogP contribution in [0.25, 0.3) is 0 Å². The van der Waals surface area contributed by atoms with Gasteiger partial charge in [-0.25, -0.2) is 0 Å². The van der Waals surface area contributed by atoms with Crippen LogP contribution in [0.1, 0.15) is 6.92 Å². The molecule has 0 radical (unpaired) electrons. The van der Waals surface area contributed by atoms with E-state index >= 15 is 0 Å². The third-order valence-electron chi connectivity index (χ3n) is 1.94. The molecular formula is C9H13Cl2N. The predicted octanol–water partition coefficient (Wildman–Crippen LogP) is 2.61. The van der Waals surface area contributed by atoms with Crippen molar-refractivity contribution < 1.29 is 0 Å². The van der Waals surface area contributed by atoms with E-state index in [0.717, 1.165) is 18.7 Å². The van der Waals surface area contributed by atoms with Gasteiger partial charge < -0.3 is 4.90 Å². The number of likely N-dealkylation sites (N-methyl/N-ethyl adjacent to an activating group) is 1.